The molecular formula is C31H38Cl2N4O4. The number of ketones is 1. The third-order valence-electron chi connectivity index (χ3n) is 7.70. The highest BCUT2D eigenvalue weighted by Crippen LogP contribution is 2.40. The minimum atomic E-state index is -1.08. The summed E-state index contributed by atoms with van der Waals surface area (Å²) in [7, 11) is 0. The van der Waals surface area contributed by atoms with E-state index in [0.29, 0.717) is 47.8 Å². The predicted octanol–water partition coefficient (Wildman–Crippen LogP) is 5.63. The minimum absolute atomic E-state index is 0.261. The number of hydrogen-bond donors (Lipinski definition) is 1. The maximum Gasteiger partial charge on any atom is 0.215 e. The number of hydrogen-bond acceptors (Lipinski definition) is 7. The van der Waals surface area contributed by atoms with E-state index in [9.17, 15) is 4.79 Å². The highest BCUT2D eigenvalue weighted by molar-refractivity contribution is 6.35. The second kappa shape index (κ2) is 14.1. The molecule has 3 unspecified atom stereocenters. The van der Waals surface area contributed by atoms with Crippen LogP contribution in [0.1, 0.15) is 49.8 Å². The number of aromatic nitrogens is 2. The predicted molar refractivity (Wildman–Crippen MR) is 159 cm³/mol. The van der Waals surface area contributed by atoms with E-state index in [0.717, 1.165) is 51.2 Å². The van der Waals surface area contributed by atoms with Crippen molar-refractivity contribution < 1.29 is 19.0 Å². The number of nitrogens with zero attached hydrogens (tertiary/aromatic N) is 3. The molecule has 0 aliphatic carbocycles. The van der Waals surface area contributed by atoms with Crippen molar-refractivity contribution in [3.05, 3.63) is 82.4 Å². The van der Waals surface area contributed by atoms with E-state index in [4.69, 9.17) is 37.4 Å². The summed E-state index contributed by atoms with van der Waals surface area (Å²) in [5, 5.41) is 4.47. The van der Waals surface area contributed by atoms with Crippen molar-refractivity contribution in [1.29, 1.82) is 0 Å². The Morgan fingerprint density at radius 3 is 2.68 bits per heavy atom. The van der Waals surface area contributed by atoms with E-state index in [2.05, 4.69) is 27.3 Å². The topological polar surface area (TPSA) is 77.8 Å². The van der Waals surface area contributed by atoms with Gasteiger partial charge >= 0.3 is 0 Å². The van der Waals surface area contributed by atoms with Crippen LogP contribution in [0.3, 0.4) is 0 Å². The Labute approximate surface area is 251 Å². The number of Topliss-reactive ketones (excluding diaryl/α,β-unsaturated/α-hetero) is 1. The van der Waals surface area contributed by atoms with Crippen LogP contribution in [0, 0.1) is 0 Å². The lowest BCUT2D eigenvalue weighted by atomic mass is 9.97. The highest BCUT2D eigenvalue weighted by Gasteiger charge is 2.45. The average Bonchev–Trinajstić information content (AvgIpc) is 3.63. The molecule has 2 aromatic carbocycles. The van der Waals surface area contributed by atoms with Gasteiger partial charge in [0.2, 0.25) is 5.79 Å². The Hall–Kier alpha value is -2.46. The number of imidazole rings is 1. The fraction of sp³-hybridized carbons (Fsp3) is 0.484. The second-order valence-corrected chi connectivity index (χ2v) is 11.6. The molecule has 2 fully saturated rings. The van der Waals surface area contributed by atoms with Crippen LogP contribution in [0.4, 0.5) is 0 Å². The molecule has 1 aromatic heterocycles. The van der Waals surface area contributed by atoms with Crippen LogP contribution < -0.4 is 10.1 Å². The van der Waals surface area contributed by atoms with Crippen LogP contribution in [0.2, 0.25) is 10.0 Å². The van der Waals surface area contributed by atoms with Crippen molar-refractivity contribution in [2.75, 3.05) is 39.4 Å². The zero-order chi connectivity index (χ0) is 28.7. The van der Waals surface area contributed by atoms with Gasteiger partial charge in [-0.3, -0.25) is 4.90 Å². The molecule has 0 amide bonds. The molecule has 2 aliphatic rings. The Kier molecular flexibility index (Phi) is 10.3. The summed E-state index contributed by atoms with van der Waals surface area (Å²) >= 11 is 12.7. The van der Waals surface area contributed by atoms with Gasteiger partial charge in [0, 0.05) is 61.6 Å². The number of carbonyl (C=O) groups is 1. The molecule has 0 spiro atoms. The zero-order valence-corrected chi connectivity index (χ0v) is 24.9. The van der Waals surface area contributed by atoms with Gasteiger partial charge in [0.05, 0.1) is 24.5 Å². The molecule has 3 heterocycles. The molecule has 220 valence electrons. The number of rotatable bonds is 13. The number of unbranched alkanes of at least 4 members (excludes halogenated alkanes) is 1. The third-order valence-corrected chi connectivity index (χ3v) is 8.25. The first-order valence-corrected chi connectivity index (χ1v) is 15.1. The van der Waals surface area contributed by atoms with E-state index < -0.39 is 5.79 Å². The van der Waals surface area contributed by atoms with Crippen molar-refractivity contribution in [2.24, 2.45) is 0 Å². The molecule has 1 N–H and O–H groups in total. The zero-order valence-electron chi connectivity index (χ0n) is 23.4. The van der Waals surface area contributed by atoms with Crippen LogP contribution in [0.25, 0.3) is 0 Å². The summed E-state index contributed by atoms with van der Waals surface area (Å²) in [6, 6.07) is 14.0. The van der Waals surface area contributed by atoms with E-state index in [1.165, 1.54) is 5.56 Å². The Balaban J connectivity index is 1.22. The first kappa shape index (κ1) is 30.0. The van der Waals surface area contributed by atoms with Crippen molar-refractivity contribution >= 4 is 29.0 Å². The molecule has 0 radical (unpaired) electrons. The first-order valence-electron chi connectivity index (χ1n) is 14.3. The maximum atomic E-state index is 11.4. The molecule has 0 saturated carbocycles. The molecule has 2 aliphatic heterocycles. The van der Waals surface area contributed by atoms with Crippen LogP contribution in [0.15, 0.2) is 61.2 Å². The second-order valence-electron chi connectivity index (χ2n) is 10.8. The molecule has 3 atom stereocenters. The molecule has 41 heavy (non-hydrogen) atoms. The van der Waals surface area contributed by atoms with Gasteiger partial charge in [-0.15, -0.1) is 0 Å². The monoisotopic (exact) mass is 600 g/mol. The van der Waals surface area contributed by atoms with E-state index in [1.807, 2.05) is 29.0 Å². The minimum Gasteiger partial charge on any atom is -0.491 e. The summed E-state index contributed by atoms with van der Waals surface area (Å²) < 4.78 is 20.9. The van der Waals surface area contributed by atoms with Crippen molar-refractivity contribution in [1.82, 2.24) is 19.8 Å². The smallest absolute Gasteiger partial charge is 0.215 e. The highest BCUT2D eigenvalue weighted by atomic mass is 35.5. The van der Waals surface area contributed by atoms with Gasteiger partial charge < -0.3 is 28.9 Å². The van der Waals surface area contributed by atoms with Crippen LogP contribution in [-0.4, -0.2) is 65.7 Å². The van der Waals surface area contributed by atoms with Gasteiger partial charge in [-0.2, -0.15) is 0 Å². The van der Waals surface area contributed by atoms with Gasteiger partial charge in [-0.05, 0) is 49.6 Å². The fourth-order valence-electron chi connectivity index (χ4n) is 5.62. The Bertz CT molecular complexity index is 1270. The summed E-state index contributed by atoms with van der Waals surface area (Å²) in [6.45, 7) is 6.79. The SMILES string of the molecule is CC(=O)CCCCC(c1ccc(OCC2COC(Cn3ccnc3)(c3ccc(Cl)cc3Cl)O2)cc1)N1CCNCC1. The summed E-state index contributed by atoms with van der Waals surface area (Å²) in [6.07, 6.45) is 8.67. The number of benzene rings is 2. The van der Waals surface area contributed by atoms with Gasteiger partial charge in [0.1, 0.15) is 24.2 Å². The largest absolute Gasteiger partial charge is 0.491 e. The van der Waals surface area contributed by atoms with Crippen molar-refractivity contribution in [3.8, 4) is 5.75 Å². The van der Waals surface area contributed by atoms with Crippen LogP contribution in [0.5, 0.6) is 5.75 Å². The van der Waals surface area contributed by atoms with E-state index in [1.54, 1.807) is 31.6 Å². The molecule has 2 saturated heterocycles. The lowest BCUT2D eigenvalue weighted by Crippen LogP contribution is -2.45. The average molecular weight is 602 g/mol. The van der Waals surface area contributed by atoms with Gasteiger partial charge in [0.15, 0.2) is 0 Å². The number of carbonyl (C=O) groups excluding carboxylic acids is 1. The van der Waals surface area contributed by atoms with E-state index in [-0.39, 0.29) is 11.9 Å². The van der Waals surface area contributed by atoms with Gasteiger partial charge in [-0.25, -0.2) is 4.98 Å². The van der Waals surface area contributed by atoms with E-state index >= 15 is 0 Å². The first-order chi connectivity index (χ1) is 19.9. The van der Waals surface area contributed by atoms with Crippen LogP contribution in [-0.2, 0) is 26.6 Å². The summed E-state index contributed by atoms with van der Waals surface area (Å²) in [4.78, 5) is 18.1. The summed E-state index contributed by atoms with van der Waals surface area (Å²) in [5.41, 5.74) is 1.99. The molecule has 5 rings (SSSR count). The van der Waals surface area contributed by atoms with Gasteiger partial charge in [0.25, 0.3) is 0 Å². The fourth-order valence-corrected chi connectivity index (χ4v) is 6.17. The van der Waals surface area contributed by atoms with Crippen molar-refractivity contribution in [3.63, 3.8) is 0 Å². The van der Waals surface area contributed by atoms with Crippen molar-refractivity contribution in [2.45, 2.75) is 57.1 Å². The summed E-state index contributed by atoms with van der Waals surface area (Å²) in [5.74, 6) is -0.0409. The molecular weight excluding hydrogens is 563 g/mol. The number of nitrogens with one attached hydrogen (secondary N) is 1. The Morgan fingerprint density at radius 1 is 1.17 bits per heavy atom. The Morgan fingerprint density at radius 2 is 1.98 bits per heavy atom. The maximum absolute atomic E-state index is 11.4. The number of ether oxygens (including phenoxy) is 3. The number of halogens is 2. The molecule has 3 aromatic rings. The lowest BCUT2D eigenvalue weighted by Gasteiger charge is -2.35. The standard InChI is InChI=1S/C31H38Cl2N4O4/c1-23(38)4-2-3-5-30(37-16-13-34-14-17-37)24-6-9-26(10-7-24)39-19-27-20-40-31(41-27,21-36-15-12-35-22-36)28-11-8-25(32)18-29(28)33/h6-12,15,18,22,27,30,34H,2-5,13-14,16-17,19-21H2,1H3. The van der Waals surface area contributed by atoms with Gasteiger partial charge in [-0.1, -0.05) is 47.8 Å². The number of piperazine rings is 1. The molecule has 10 heteroatoms. The van der Waals surface area contributed by atoms with Crippen LogP contribution >= 0.6 is 23.2 Å². The lowest BCUT2D eigenvalue weighted by molar-refractivity contribution is -0.189. The normalized spacial score (nSPS) is 22.1. The quantitative estimate of drug-likeness (QED) is 0.255. The third kappa shape index (κ3) is 7.89. The molecule has 0 bridgehead atoms. The molecule has 8 nitrogen and oxygen atoms in total.